The SMILES string of the molecule is O=C(NCCN1CCC(O)(Cc2ccccc2)CC1)Nc1ccnc2sccc12. The molecule has 4 rings (SSSR count). The summed E-state index contributed by atoms with van der Waals surface area (Å²) in [5.41, 5.74) is 1.32. The molecule has 0 saturated carbocycles. The first-order valence-electron chi connectivity index (χ1n) is 9.97. The lowest BCUT2D eigenvalue weighted by atomic mass is 9.85. The number of fused-ring (bicyclic) bond motifs is 1. The predicted molar refractivity (Wildman–Crippen MR) is 117 cm³/mol. The molecule has 29 heavy (non-hydrogen) atoms. The Morgan fingerprint density at radius 2 is 1.97 bits per heavy atom. The van der Waals surface area contributed by atoms with E-state index >= 15 is 0 Å². The third kappa shape index (κ3) is 5.12. The number of aliphatic hydroxyl groups is 1. The fourth-order valence-corrected chi connectivity index (χ4v) is 4.58. The summed E-state index contributed by atoms with van der Waals surface area (Å²) in [5, 5.41) is 19.6. The lowest BCUT2D eigenvalue weighted by Gasteiger charge is -2.38. The van der Waals surface area contributed by atoms with Crippen LogP contribution in [-0.4, -0.2) is 52.8 Å². The Morgan fingerprint density at radius 3 is 2.76 bits per heavy atom. The van der Waals surface area contributed by atoms with Crippen LogP contribution in [-0.2, 0) is 6.42 Å². The zero-order valence-corrected chi connectivity index (χ0v) is 17.1. The van der Waals surface area contributed by atoms with E-state index in [2.05, 4.69) is 32.7 Å². The molecule has 1 aliphatic rings. The van der Waals surface area contributed by atoms with E-state index in [9.17, 15) is 9.90 Å². The van der Waals surface area contributed by atoms with Gasteiger partial charge in [-0.25, -0.2) is 9.78 Å². The molecule has 1 fully saturated rings. The summed E-state index contributed by atoms with van der Waals surface area (Å²) in [7, 11) is 0. The number of pyridine rings is 1. The molecule has 3 N–H and O–H groups in total. The van der Waals surface area contributed by atoms with E-state index in [1.165, 1.54) is 5.56 Å². The molecule has 2 amide bonds. The second kappa shape index (κ2) is 8.90. The number of nitrogens with one attached hydrogen (secondary N) is 2. The van der Waals surface area contributed by atoms with Crippen molar-refractivity contribution >= 4 is 33.3 Å². The smallest absolute Gasteiger partial charge is 0.319 e. The molecule has 3 aromatic rings. The van der Waals surface area contributed by atoms with Crippen LogP contribution in [0.15, 0.2) is 54.0 Å². The topological polar surface area (TPSA) is 77.5 Å². The molecule has 2 aromatic heterocycles. The van der Waals surface area contributed by atoms with Crippen LogP contribution in [0.4, 0.5) is 10.5 Å². The van der Waals surface area contributed by atoms with Gasteiger partial charge in [0.1, 0.15) is 4.83 Å². The number of benzene rings is 1. The minimum atomic E-state index is -0.629. The number of anilines is 1. The Hall–Kier alpha value is -2.48. The van der Waals surface area contributed by atoms with Gasteiger partial charge in [0.25, 0.3) is 0 Å². The number of likely N-dealkylation sites (tertiary alicyclic amines) is 1. The number of hydrogen-bond donors (Lipinski definition) is 3. The summed E-state index contributed by atoms with van der Waals surface area (Å²) in [5.74, 6) is 0. The Morgan fingerprint density at radius 1 is 1.17 bits per heavy atom. The maximum absolute atomic E-state index is 12.2. The van der Waals surface area contributed by atoms with Crippen molar-refractivity contribution in [3.8, 4) is 0 Å². The number of amides is 2. The average Bonchev–Trinajstić information content (AvgIpc) is 3.20. The maximum Gasteiger partial charge on any atom is 0.319 e. The van der Waals surface area contributed by atoms with E-state index in [1.807, 2.05) is 35.7 Å². The van der Waals surface area contributed by atoms with Gasteiger partial charge in [-0.1, -0.05) is 30.3 Å². The first kappa shape index (κ1) is 19.8. The van der Waals surface area contributed by atoms with Crippen LogP contribution >= 0.6 is 11.3 Å². The van der Waals surface area contributed by atoms with Gasteiger partial charge in [0.15, 0.2) is 0 Å². The van der Waals surface area contributed by atoms with Crippen molar-refractivity contribution in [2.75, 3.05) is 31.5 Å². The van der Waals surface area contributed by atoms with Gasteiger partial charge in [-0.05, 0) is 35.9 Å². The molecule has 3 heterocycles. The Kier molecular flexibility index (Phi) is 6.08. The summed E-state index contributed by atoms with van der Waals surface area (Å²) < 4.78 is 0. The monoisotopic (exact) mass is 410 g/mol. The van der Waals surface area contributed by atoms with Crippen LogP contribution in [0.3, 0.4) is 0 Å². The number of piperidine rings is 1. The Bertz CT molecular complexity index is 952. The normalized spacial score (nSPS) is 16.6. The summed E-state index contributed by atoms with van der Waals surface area (Å²) in [6.07, 6.45) is 3.91. The number of carbonyl (C=O) groups excluding carboxylic acids is 1. The molecule has 0 atom stereocenters. The molecule has 1 aromatic carbocycles. The van der Waals surface area contributed by atoms with Crippen molar-refractivity contribution in [1.82, 2.24) is 15.2 Å². The fraction of sp³-hybridized carbons (Fsp3) is 0.364. The number of thiophene rings is 1. The standard InChI is InChI=1S/C22H26N4O2S/c27-21(25-19-6-10-23-20-18(19)7-15-29-20)24-11-14-26-12-8-22(28,9-13-26)16-17-4-2-1-3-5-17/h1-7,10,15,28H,8-9,11-14,16H2,(H2,23,24,25,27). The first-order valence-corrected chi connectivity index (χ1v) is 10.9. The number of carbonyl (C=O) groups is 1. The van der Waals surface area contributed by atoms with Crippen molar-refractivity contribution in [3.63, 3.8) is 0 Å². The molecular formula is C22H26N4O2S. The Labute approximate surface area is 174 Å². The number of hydrogen-bond acceptors (Lipinski definition) is 5. The molecule has 0 unspecified atom stereocenters. The van der Waals surface area contributed by atoms with Crippen molar-refractivity contribution in [3.05, 3.63) is 59.6 Å². The van der Waals surface area contributed by atoms with Gasteiger partial charge in [-0.2, -0.15) is 0 Å². The minimum absolute atomic E-state index is 0.207. The van der Waals surface area contributed by atoms with Crippen molar-refractivity contribution in [1.29, 1.82) is 0 Å². The van der Waals surface area contributed by atoms with Crippen LogP contribution in [0.2, 0.25) is 0 Å². The van der Waals surface area contributed by atoms with Crippen LogP contribution in [0.5, 0.6) is 0 Å². The zero-order chi connectivity index (χ0) is 20.1. The lowest BCUT2D eigenvalue weighted by Crippen LogP contribution is -2.47. The second-order valence-corrected chi connectivity index (χ2v) is 8.50. The van der Waals surface area contributed by atoms with Gasteiger partial charge in [0, 0.05) is 44.2 Å². The quantitative estimate of drug-likeness (QED) is 0.581. The van der Waals surface area contributed by atoms with Crippen molar-refractivity contribution in [2.45, 2.75) is 24.9 Å². The van der Waals surface area contributed by atoms with Gasteiger partial charge in [0.2, 0.25) is 0 Å². The maximum atomic E-state index is 12.2. The third-order valence-electron chi connectivity index (χ3n) is 5.49. The zero-order valence-electron chi connectivity index (χ0n) is 16.3. The average molecular weight is 411 g/mol. The molecule has 6 nitrogen and oxygen atoms in total. The molecule has 0 radical (unpaired) electrons. The van der Waals surface area contributed by atoms with E-state index in [1.54, 1.807) is 17.5 Å². The summed E-state index contributed by atoms with van der Waals surface area (Å²) >= 11 is 1.56. The highest BCUT2D eigenvalue weighted by Crippen LogP contribution is 2.27. The van der Waals surface area contributed by atoms with Gasteiger partial charge in [-0.3, -0.25) is 0 Å². The van der Waals surface area contributed by atoms with Crippen LogP contribution < -0.4 is 10.6 Å². The minimum Gasteiger partial charge on any atom is -0.389 e. The van der Waals surface area contributed by atoms with Gasteiger partial charge >= 0.3 is 6.03 Å². The first-order chi connectivity index (χ1) is 14.1. The highest BCUT2D eigenvalue weighted by molar-refractivity contribution is 7.16. The highest BCUT2D eigenvalue weighted by atomic mass is 32.1. The molecule has 0 bridgehead atoms. The van der Waals surface area contributed by atoms with Crippen molar-refractivity contribution in [2.24, 2.45) is 0 Å². The largest absolute Gasteiger partial charge is 0.389 e. The number of nitrogens with zero attached hydrogens (tertiary/aromatic N) is 2. The third-order valence-corrected chi connectivity index (χ3v) is 6.31. The number of aromatic nitrogens is 1. The van der Waals surface area contributed by atoms with Crippen LogP contribution in [0, 0.1) is 0 Å². The predicted octanol–water partition coefficient (Wildman–Crippen LogP) is 3.49. The Balaban J connectivity index is 1.20. The van der Waals surface area contributed by atoms with E-state index < -0.39 is 5.60 Å². The molecular weight excluding hydrogens is 384 g/mol. The summed E-state index contributed by atoms with van der Waals surface area (Å²) in [6, 6.07) is 13.7. The molecule has 0 aliphatic carbocycles. The molecule has 0 spiro atoms. The van der Waals surface area contributed by atoms with E-state index in [4.69, 9.17) is 0 Å². The van der Waals surface area contributed by atoms with Crippen LogP contribution in [0.25, 0.3) is 10.2 Å². The van der Waals surface area contributed by atoms with Crippen molar-refractivity contribution < 1.29 is 9.90 Å². The van der Waals surface area contributed by atoms with Gasteiger partial charge in [-0.15, -0.1) is 11.3 Å². The van der Waals surface area contributed by atoms with Gasteiger partial charge < -0.3 is 20.6 Å². The van der Waals surface area contributed by atoms with E-state index in [-0.39, 0.29) is 6.03 Å². The van der Waals surface area contributed by atoms with E-state index in [0.717, 1.165) is 48.4 Å². The summed E-state index contributed by atoms with van der Waals surface area (Å²) in [6.45, 7) is 3.03. The van der Waals surface area contributed by atoms with E-state index in [0.29, 0.717) is 13.0 Å². The lowest BCUT2D eigenvalue weighted by molar-refractivity contribution is -0.0201. The molecule has 1 aliphatic heterocycles. The highest BCUT2D eigenvalue weighted by Gasteiger charge is 2.32. The number of rotatable bonds is 6. The van der Waals surface area contributed by atoms with Crippen LogP contribution in [0.1, 0.15) is 18.4 Å². The second-order valence-electron chi connectivity index (χ2n) is 7.61. The number of urea groups is 1. The fourth-order valence-electron chi connectivity index (χ4n) is 3.82. The molecule has 7 heteroatoms. The summed E-state index contributed by atoms with van der Waals surface area (Å²) in [4.78, 5) is 19.7. The molecule has 152 valence electrons. The molecule has 1 saturated heterocycles. The van der Waals surface area contributed by atoms with Gasteiger partial charge in [0.05, 0.1) is 11.3 Å².